The first-order valence-corrected chi connectivity index (χ1v) is 10.4. The van der Waals surface area contributed by atoms with Crippen molar-refractivity contribution in [3.8, 4) is 28.8 Å². The molecule has 166 valence electrons. The lowest BCUT2D eigenvalue weighted by atomic mass is 9.87. The number of nitrogens with one attached hydrogen (secondary N) is 2. The minimum absolute atomic E-state index is 0.0650. The van der Waals surface area contributed by atoms with Crippen LogP contribution in [0, 0.1) is 0 Å². The number of benzene rings is 2. The van der Waals surface area contributed by atoms with Crippen LogP contribution in [0.1, 0.15) is 22.7 Å². The Morgan fingerprint density at radius 3 is 2.69 bits per heavy atom. The molecule has 0 saturated heterocycles. The molecule has 1 aromatic heterocycles. The number of halogens is 1. The molecule has 32 heavy (non-hydrogen) atoms. The number of hydrogen-bond donors (Lipinski definition) is 3. The smallest absolute Gasteiger partial charge is 0.335 e. The minimum atomic E-state index is -0.745. The molecule has 9 nitrogen and oxygen atoms in total. The van der Waals surface area contributed by atoms with Crippen LogP contribution in [-0.4, -0.2) is 42.2 Å². The third kappa shape index (κ3) is 3.04. The average molecular weight is 459 g/mol. The third-order valence-electron chi connectivity index (χ3n) is 6.01. The van der Waals surface area contributed by atoms with E-state index < -0.39 is 23.2 Å². The molecule has 0 amide bonds. The van der Waals surface area contributed by atoms with Crippen LogP contribution in [0.4, 0.5) is 0 Å². The number of methoxy groups -OCH3 is 1. The molecule has 3 N–H and O–H groups in total. The monoisotopic (exact) mass is 458 g/mol. The molecule has 0 aliphatic carbocycles. The summed E-state index contributed by atoms with van der Waals surface area (Å²) < 4.78 is 17.9. The van der Waals surface area contributed by atoms with Gasteiger partial charge in [-0.05, 0) is 35.9 Å². The van der Waals surface area contributed by atoms with Crippen molar-refractivity contribution in [3.05, 3.63) is 72.9 Å². The first-order chi connectivity index (χ1) is 15.4. The molecule has 0 fully saturated rings. The van der Waals surface area contributed by atoms with Gasteiger partial charge in [0.25, 0.3) is 5.56 Å². The van der Waals surface area contributed by atoms with E-state index in [0.29, 0.717) is 34.5 Å². The lowest BCUT2D eigenvalue weighted by Crippen LogP contribution is -3.10. The zero-order valence-corrected chi connectivity index (χ0v) is 18.2. The van der Waals surface area contributed by atoms with Crippen LogP contribution in [0.15, 0.2) is 39.9 Å². The topological polar surface area (TPSA) is 107 Å². The van der Waals surface area contributed by atoms with E-state index in [2.05, 4.69) is 4.98 Å². The van der Waals surface area contributed by atoms with Gasteiger partial charge in [-0.1, -0.05) is 11.6 Å². The van der Waals surface area contributed by atoms with Gasteiger partial charge in [0.15, 0.2) is 17.5 Å². The van der Waals surface area contributed by atoms with Crippen molar-refractivity contribution < 1.29 is 24.2 Å². The summed E-state index contributed by atoms with van der Waals surface area (Å²) >= 11 is 5.97. The fraction of sp³-hybridized carbons (Fsp3) is 0.273. The molecule has 0 spiro atoms. The Bertz CT molecular complexity index is 1330. The number of fused-ring (bicyclic) bond motifs is 2. The molecular weight excluding hydrogens is 438 g/mol. The predicted molar refractivity (Wildman–Crippen MR) is 116 cm³/mol. The molecule has 10 heteroatoms. The summed E-state index contributed by atoms with van der Waals surface area (Å²) in [6.45, 7) is 0.772. The van der Waals surface area contributed by atoms with Crippen molar-refractivity contribution in [1.82, 2.24) is 9.55 Å². The summed E-state index contributed by atoms with van der Waals surface area (Å²) in [7, 11) is 3.45. The zero-order chi connectivity index (χ0) is 22.6. The lowest BCUT2D eigenvalue weighted by Gasteiger charge is -2.33. The van der Waals surface area contributed by atoms with E-state index in [-0.39, 0.29) is 12.4 Å². The van der Waals surface area contributed by atoms with Gasteiger partial charge in [-0.15, -0.1) is 0 Å². The highest BCUT2D eigenvalue weighted by atomic mass is 35.5. The van der Waals surface area contributed by atoms with E-state index in [4.69, 9.17) is 25.8 Å². The number of quaternary nitrogens is 1. The summed E-state index contributed by atoms with van der Waals surface area (Å²) in [5.41, 5.74) is 0.697. The van der Waals surface area contributed by atoms with Crippen LogP contribution in [0.2, 0.25) is 5.02 Å². The summed E-state index contributed by atoms with van der Waals surface area (Å²) in [5.74, 6) is 1.08. The second kappa shape index (κ2) is 7.61. The third-order valence-corrected chi connectivity index (χ3v) is 6.26. The fourth-order valence-electron chi connectivity index (χ4n) is 4.55. The zero-order valence-electron chi connectivity index (χ0n) is 17.4. The SMILES string of the molecule is COc1c2c(cc3c1[C@@H](c1c(O)n(-c4ccc(Cl)cc4)c(=O)[nH]c1=O)[NH+](C)CC3)OCO2. The highest BCUT2D eigenvalue weighted by Crippen LogP contribution is 2.48. The van der Waals surface area contributed by atoms with Crippen LogP contribution >= 0.6 is 11.6 Å². The van der Waals surface area contributed by atoms with E-state index in [1.165, 1.54) is 7.11 Å². The maximum Gasteiger partial charge on any atom is 0.335 e. The van der Waals surface area contributed by atoms with Crippen LogP contribution in [0.25, 0.3) is 5.69 Å². The van der Waals surface area contributed by atoms with Crippen molar-refractivity contribution >= 4 is 11.6 Å². The van der Waals surface area contributed by atoms with Gasteiger partial charge in [0.2, 0.25) is 18.4 Å². The molecule has 0 bridgehead atoms. The Morgan fingerprint density at radius 1 is 1.22 bits per heavy atom. The predicted octanol–water partition coefficient (Wildman–Crippen LogP) is 0.782. The van der Waals surface area contributed by atoms with Crippen molar-refractivity contribution in [2.24, 2.45) is 0 Å². The molecule has 3 heterocycles. The largest absolute Gasteiger partial charge is 0.494 e. The number of H-pyrrole nitrogens is 1. The van der Waals surface area contributed by atoms with Crippen molar-refractivity contribution in [1.29, 1.82) is 0 Å². The average Bonchev–Trinajstić information content (AvgIpc) is 3.23. The second-order valence-electron chi connectivity index (χ2n) is 7.80. The normalized spacial score (nSPS) is 19.0. The Hall–Kier alpha value is -3.43. The standard InChI is InChI=1S/C22H20ClN3O6/c1-25-8-7-11-9-14-18(32-10-31-14)19(30-2)15(11)17(25)16-20(27)24-22(29)26(21(16)28)13-5-3-12(23)4-6-13/h3-6,9,17,28H,7-8,10H2,1-2H3,(H,24,27,29)/p+1/t17-/m0/s1. The maximum absolute atomic E-state index is 13.0. The molecule has 0 saturated carbocycles. The van der Waals surface area contributed by atoms with E-state index in [9.17, 15) is 14.7 Å². The van der Waals surface area contributed by atoms with Gasteiger partial charge in [0.1, 0.15) is 5.56 Å². The van der Waals surface area contributed by atoms with Gasteiger partial charge < -0.3 is 24.2 Å². The number of aromatic amines is 1. The number of nitrogens with zero attached hydrogens (tertiary/aromatic N) is 1. The van der Waals surface area contributed by atoms with Gasteiger partial charge in [-0.25, -0.2) is 9.36 Å². The number of aromatic hydroxyl groups is 1. The minimum Gasteiger partial charge on any atom is -0.494 e. The summed E-state index contributed by atoms with van der Waals surface area (Å²) in [6, 6.07) is 7.67. The van der Waals surface area contributed by atoms with Crippen LogP contribution < -0.4 is 30.4 Å². The number of aromatic nitrogens is 2. The van der Waals surface area contributed by atoms with Crippen molar-refractivity contribution in [3.63, 3.8) is 0 Å². The maximum atomic E-state index is 13.0. The summed E-state index contributed by atoms with van der Waals surface area (Å²) in [5, 5.41) is 11.7. The molecule has 2 aliphatic heterocycles. The highest BCUT2D eigenvalue weighted by molar-refractivity contribution is 6.30. The molecule has 2 aromatic carbocycles. The molecule has 1 unspecified atom stereocenters. The quantitative estimate of drug-likeness (QED) is 0.535. The van der Waals surface area contributed by atoms with E-state index >= 15 is 0 Å². The van der Waals surface area contributed by atoms with E-state index in [0.717, 1.165) is 27.0 Å². The summed E-state index contributed by atoms with van der Waals surface area (Å²) in [6.07, 6.45) is 0.722. The highest BCUT2D eigenvalue weighted by Gasteiger charge is 2.41. The van der Waals surface area contributed by atoms with Crippen LogP contribution in [0.3, 0.4) is 0 Å². The van der Waals surface area contributed by atoms with Gasteiger partial charge in [0.05, 0.1) is 32.0 Å². The molecule has 5 rings (SSSR count). The first kappa shape index (κ1) is 20.5. The molecule has 2 atom stereocenters. The van der Waals surface area contributed by atoms with E-state index in [1.807, 2.05) is 13.1 Å². The van der Waals surface area contributed by atoms with Gasteiger partial charge in [-0.3, -0.25) is 9.78 Å². The summed E-state index contributed by atoms with van der Waals surface area (Å²) in [4.78, 5) is 29.0. The fourth-order valence-corrected chi connectivity index (χ4v) is 4.67. The Balaban J connectivity index is 1.78. The Kier molecular flexibility index (Phi) is 4.87. The molecular formula is C22H21ClN3O6+. The van der Waals surface area contributed by atoms with Gasteiger partial charge >= 0.3 is 5.69 Å². The second-order valence-corrected chi connectivity index (χ2v) is 8.24. The lowest BCUT2D eigenvalue weighted by molar-refractivity contribution is -0.908. The number of likely N-dealkylation sites (N-methyl/N-ethyl adjacent to an activating group) is 1. The van der Waals surface area contributed by atoms with Gasteiger partial charge in [0, 0.05) is 11.4 Å². The van der Waals surface area contributed by atoms with Crippen LogP contribution in [-0.2, 0) is 6.42 Å². The van der Waals surface area contributed by atoms with E-state index in [1.54, 1.807) is 24.3 Å². The number of rotatable bonds is 3. The van der Waals surface area contributed by atoms with Gasteiger partial charge in [-0.2, -0.15) is 0 Å². The molecule has 0 radical (unpaired) electrons. The Morgan fingerprint density at radius 2 is 1.97 bits per heavy atom. The Labute approximate surface area is 187 Å². The molecule has 2 aliphatic rings. The number of ether oxygens (including phenoxy) is 3. The van der Waals surface area contributed by atoms with Crippen molar-refractivity contribution in [2.45, 2.75) is 12.5 Å². The number of hydrogen-bond acceptors (Lipinski definition) is 6. The molecule has 3 aromatic rings. The van der Waals surface area contributed by atoms with Crippen LogP contribution in [0.5, 0.6) is 23.1 Å². The van der Waals surface area contributed by atoms with Crippen molar-refractivity contribution in [2.75, 3.05) is 27.5 Å². The first-order valence-electron chi connectivity index (χ1n) is 10.1.